The van der Waals surface area contributed by atoms with E-state index in [0.29, 0.717) is 19.4 Å². The van der Waals surface area contributed by atoms with Crippen LogP contribution in [0.4, 0.5) is 0 Å². The first kappa shape index (κ1) is 21.1. The smallest absolute Gasteiger partial charge is 0.297 e. The zero-order valence-electron chi connectivity index (χ0n) is 16.0. The molecule has 26 heavy (non-hydrogen) atoms. The molecule has 1 aromatic carbocycles. The lowest BCUT2D eigenvalue weighted by Crippen LogP contribution is -2.38. The highest BCUT2D eigenvalue weighted by molar-refractivity contribution is 7.86. The lowest BCUT2D eigenvalue weighted by molar-refractivity contribution is -0.134. The molecule has 0 spiro atoms. The van der Waals surface area contributed by atoms with Crippen LogP contribution in [0.1, 0.15) is 18.4 Å². The van der Waals surface area contributed by atoms with Gasteiger partial charge in [-0.05, 0) is 31.5 Å². The Hall–Kier alpha value is -1.22. The molecular formula is C18H29NO5SSi. The Morgan fingerprint density at radius 3 is 2.46 bits per heavy atom. The van der Waals surface area contributed by atoms with Crippen molar-refractivity contribution in [2.45, 2.75) is 56.4 Å². The van der Waals surface area contributed by atoms with Crippen molar-refractivity contribution in [3.63, 3.8) is 0 Å². The number of amides is 1. The summed E-state index contributed by atoms with van der Waals surface area (Å²) in [5, 5.41) is 0. The maximum Gasteiger partial charge on any atom is 0.297 e. The summed E-state index contributed by atoms with van der Waals surface area (Å²) < 4.78 is 35.5. The van der Waals surface area contributed by atoms with E-state index in [0.717, 1.165) is 11.6 Å². The van der Waals surface area contributed by atoms with E-state index in [1.54, 1.807) is 17.0 Å². The highest BCUT2D eigenvalue weighted by Crippen LogP contribution is 2.21. The minimum absolute atomic E-state index is 0.0145. The molecular weight excluding hydrogens is 370 g/mol. The third-order valence-electron chi connectivity index (χ3n) is 4.40. The van der Waals surface area contributed by atoms with E-state index >= 15 is 0 Å². The second-order valence-electron chi connectivity index (χ2n) is 7.96. The van der Waals surface area contributed by atoms with Crippen molar-refractivity contribution >= 4 is 24.1 Å². The summed E-state index contributed by atoms with van der Waals surface area (Å²) in [6, 6.07) is 7.28. The molecule has 1 aromatic rings. The molecule has 2 rings (SSSR count). The molecule has 8 heteroatoms. The van der Waals surface area contributed by atoms with E-state index in [-0.39, 0.29) is 30.2 Å². The van der Waals surface area contributed by atoms with Gasteiger partial charge in [-0.3, -0.25) is 8.98 Å². The molecule has 0 unspecified atom stereocenters. The topological polar surface area (TPSA) is 72.9 Å². The van der Waals surface area contributed by atoms with Gasteiger partial charge in [-0.2, -0.15) is 8.42 Å². The number of carbonyl (C=O) groups excluding carboxylic acids is 1. The van der Waals surface area contributed by atoms with E-state index in [4.69, 9.17) is 8.92 Å². The summed E-state index contributed by atoms with van der Waals surface area (Å²) in [5.74, 6) is -0.0145. The van der Waals surface area contributed by atoms with Gasteiger partial charge in [0.1, 0.15) is 6.73 Å². The van der Waals surface area contributed by atoms with Crippen molar-refractivity contribution in [3.8, 4) is 0 Å². The molecule has 1 fully saturated rings. The number of likely N-dealkylation sites (tertiary alicyclic amines) is 1. The molecule has 1 heterocycles. The second kappa shape index (κ2) is 8.64. The number of hydrogen-bond acceptors (Lipinski definition) is 5. The monoisotopic (exact) mass is 399 g/mol. The number of aryl methyl sites for hydroxylation is 1. The molecule has 146 valence electrons. The molecule has 6 nitrogen and oxygen atoms in total. The Morgan fingerprint density at radius 1 is 1.19 bits per heavy atom. The average Bonchev–Trinajstić information content (AvgIpc) is 2.89. The molecule has 0 radical (unpaired) electrons. The van der Waals surface area contributed by atoms with Crippen molar-refractivity contribution < 1.29 is 22.1 Å². The number of hydrogen-bond donors (Lipinski definition) is 0. The van der Waals surface area contributed by atoms with Gasteiger partial charge in [0.15, 0.2) is 0 Å². The minimum atomic E-state index is -3.82. The fourth-order valence-electron chi connectivity index (χ4n) is 2.63. The van der Waals surface area contributed by atoms with E-state index in [1.807, 2.05) is 6.92 Å². The third-order valence-corrected chi connectivity index (χ3v) is 7.40. The van der Waals surface area contributed by atoms with Crippen LogP contribution < -0.4 is 0 Å². The van der Waals surface area contributed by atoms with Gasteiger partial charge < -0.3 is 9.64 Å². The predicted molar refractivity (Wildman–Crippen MR) is 103 cm³/mol. The average molecular weight is 400 g/mol. The number of benzene rings is 1. The molecule has 1 amide bonds. The van der Waals surface area contributed by atoms with Gasteiger partial charge in [0.05, 0.1) is 17.5 Å². The van der Waals surface area contributed by atoms with Crippen LogP contribution in [0, 0.1) is 6.92 Å². The van der Waals surface area contributed by atoms with Gasteiger partial charge in [0, 0.05) is 21.1 Å². The first-order chi connectivity index (χ1) is 12.1. The second-order valence-corrected chi connectivity index (χ2v) is 15.2. The Balaban J connectivity index is 1.88. The van der Waals surface area contributed by atoms with E-state index < -0.39 is 18.2 Å². The normalized spacial score (nSPS) is 18.5. The minimum Gasteiger partial charge on any atom is -0.361 e. The largest absolute Gasteiger partial charge is 0.361 e. The highest BCUT2D eigenvalue weighted by atomic mass is 32.2. The van der Waals surface area contributed by atoms with E-state index in [9.17, 15) is 13.2 Å². The van der Waals surface area contributed by atoms with Crippen LogP contribution >= 0.6 is 0 Å². The molecule has 1 aliphatic heterocycles. The number of rotatable bonds is 9. The zero-order valence-corrected chi connectivity index (χ0v) is 17.8. The first-order valence-corrected chi connectivity index (χ1v) is 14.0. The predicted octanol–water partition coefficient (Wildman–Crippen LogP) is 3.00. The van der Waals surface area contributed by atoms with Gasteiger partial charge in [-0.25, -0.2) is 0 Å². The fraction of sp³-hybridized carbons (Fsp3) is 0.611. The summed E-state index contributed by atoms with van der Waals surface area (Å²) >= 11 is 0. The summed E-state index contributed by atoms with van der Waals surface area (Å²) in [7, 11) is -5.01. The number of ether oxygens (including phenoxy) is 1. The van der Waals surface area contributed by atoms with Crippen LogP contribution in [0.15, 0.2) is 29.2 Å². The lowest BCUT2D eigenvalue weighted by Gasteiger charge is -2.25. The molecule has 0 N–H and O–H groups in total. The van der Waals surface area contributed by atoms with Gasteiger partial charge in [0.2, 0.25) is 5.91 Å². The van der Waals surface area contributed by atoms with Crippen LogP contribution in [-0.4, -0.2) is 53.3 Å². The Labute approximate surface area is 157 Å². The van der Waals surface area contributed by atoms with Gasteiger partial charge in [-0.15, -0.1) is 0 Å². The van der Waals surface area contributed by atoms with Gasteiger partial charge in [0.25, 0.3) is 10.1 Å². The number of carbonyl (C=O) groups is 1. The Morgan fingerprint density at radius 2 is 1.85 bits per heavy atom. The zero-order chi connectivity index (χ0) is 19.4. The summed E-state index contributed by atoms with van der Waals surface area (Å²) in [5.41, 5.74) is 0.979. The van der Waals surface area contributed by atoms with Crippen molar-refractivity contribution in [1.82, 2.24) is 4.90 Å². The molecule has 1 aliphatic rings. The third kappa shape index (κ3) is 6.19. The van der Waals surface area contributed by atoms with Gasteiger partial charge in [-0.1, -0.05) is 37.3 Å². The summed E-state index contributed by atoms with van der Waals surface area (Å²) in [6.45, 7) is 9.47. The maximum atomic E-state index is 12.3. The molecule has 0 aliphatic carbocycles. The van der Waals surface area contributed by atoms with Crippen LogP contribution in [0.25, 0.3) is 0 Å². The van der Waals surface area contributed by atoms with Crippen molar-refractivity contribution in [1.29, 1.82) is 0 Å². The molecule has 0 aromatic heterocycles. The first-order valence-electron chi connectivity index (χ1n) is 8.92. The van der Waals surface area contributed by atoms with E-state index in [2.05, 4.69) is 19.6 Å². The standard InChI is InChI=1S/C18H29NO5SSi/c1-15-5-8-17(9-6-15)25(21,22)24-13-16-7-10-18(20)19(16)14-23-11-12-26(2,3)4/h5-6,8-9,16H,7,10-14H2,1-4H3/t16-/m1/s1. The SMILES string of the molecule is Cc1ccc(S(=O)(=O)OC[C@H]2CCC(=O)N2COCC[Si](C)(C)C)cc1. The number of nitrogens with zero attached hydrogens (tertiary/aromatic N) is 1. The van der Waals surface area contributed by atoms with Crippen LogP contribution in [-0.2, 0) is 23.8 Å². The molecule has 0 bridgehead atoms. The van der Waals surface area contributed by atoms with Gasteiger partial charge >= 0.3 is 0 Å². The van der Waals surface area contributed by atoms with Crippen LogP contribution in [0.2, 0.25) is 25.7 Å². The Kier molecular flexibility index (Phi) is 7.01. The highest BCUT2D eigenvalue weighted by Gasteiger charge is 2.32. The van der Waals surface area contributed by atoms with E-state index in [1.165, 1.54) is 12.1 Å². The van der Waals surface area contributed by atoms with Crippen molar-refractivity contribution in [2.24, 2.45) is 0 Å². The van der Waals surface area contributed by atoms with Crippen LogP contribution in [0.5, 0.6) is 0 Å². The molecule has 0 saturated carbocycles. The summed E-state index contributed by atoms with van der Waals surface area (Å²) in [4.78, 5) is 13.8. The van der Waals surface area contributed by atoms with Crippen molar-refractivity contribution in [2.75, 3.05) is 19.9 Å². The van der Waals surface area contributed by atoms with Crippen LogP contribution in [0.3, 0.4) is 0 Å². The molecule has 1 saturated heterocycles. The maximum absolute atomic E-state index is 12.3. The lowest BCUT2D eigenvalue weighted by atomic mass is 10.2. The quantitative estimate of drug-likeness (QED) is 0.363. The Bertz CT molecular complexity index is 712. The van der Waals surface area contributed by atoms with Crippen molar-refractivity contribution in [3.05, 3.63) is 29.8 Å². The summed E-state index contributed by atoms with van der Waals surface area (Å²) in [6.07, 6.45) is 0.982. The molecule has 1 atom stereocenters. The fourth-order valence-corrected chi connectivity index (χ4v) is 4.32.